The molecule has 4 rings (SSSR count). The van der Waals surface area contributed by atoms with Crippen LogP contribution in [0.25, 0.3) is 30.8 Å². The molecule has 0 bridgehead atoms. The average molecular weight is 325 g/mol. The summed E-state index contributed by atoms with van der Waals surface area (Å²) < 4.78 is 0. The van der Waals surface area contributed by atoms with Crippen LogP contribution in [0.4, 0.5) is 0 Å². The maximum atomic E-state index is 4.53. The van der Waals surface area contributed by atoms with Crippen molar-refractivity contribution >= 4 is 34.0 Å². The molecule has 0 fully saturated rings. The molecule has 4 aromatic rings. The fourth-order valence-electron chi connectivity index (χ4n) is 2.23. The normalized spacial score (nSPS) is 10.9. The summed E-state index contributed by atoms with van der Waals surface area (Å²) in [7, 11) is 0. The Balaban J connectivity index is 1.92. The van der Waals surface area contributed by atoms with Gasteiger partial charge in [-0.25, -0.2) is 0 Å². The highest BCUT2D eigenvalue weighted by Crippen LogP contribution is 2.45. The highest BCUT2D eigenvalue weighted by atomic mass is 32.1. The first-order valence-electron chi connectivity index (χ1n) is 6.55. The van der Waals surface area contributed by atoms with Gasteiger partial charge < -0.3 is 0 Å². The molecule has 0 spiro atoms. The molecular formula is C17H11NS3. The molecule has 0 amide bonds. The molecule has 4 aromatic heterocycles. The standard InChI is InChI=1S/C17H11NS3/c1-2-8-18-13(5-1)12-11-16(14-6-3-9-19-14)21-17(12)15-7-4-10-20-15/h1-11H. The molecule has 0 aromatic carbocycles. The SMILES string of the molecule is c1ccc(-c2cc(-c3cccs3)sc2-c2cccs2)nc1. The molecule has 0 aliphatic carbocycles. The first kappa shape index (κ1) is 13.0. The van der Waals surface area contributed by atoms with Crippen molar-refractivity contribution in [3.63, 3.8) is 0 Å². The fraction of sp³-hybridized carbons (Fsp3) is 0. The van der Waals surface area contributed by atoms with Crippen molar-refractivity contribution in [3.05, 3.63) is 65.5 Å². The number of aromatic nitrogens is 1. The minimum atomic E-state index is 1.04. The van der Waals surface area contributed by atoms with Gasteiger partial charge >= 0.3 is 0 Å². The van der Waals surface area contributed by atoms with Crippen molar-refractivity contribution < 1.29 is 0 Å². The topological polar surface area (TPSA) is 12.9 Å². The van der Waals surface area contributed by atoms with Crippen LogP contribution in [0.15, 0.2) is 65.5 Å². The Morgan fingerprint density at radius 1 is 0.762 bits per heavy atom. The van der Waals surface area contributed by atoms with Gasteiger partial charge in [0.1, 0.15) is 0 Å². The van der Waals surface area contributed by atoms with E-state index in [0.717, 1.165) is 5.69 Å². The Labute approximate surface area is 135 Å². The van der Waals surface area contributed by atoms with Gasteiger partial charge in [0.2, 0.25) is 0 Å². The molecule has 102 valence electrons. The van der Waals surface area contributed by atoms with Crippen LogP contribution in [0.2, 0.25) is 0 Å². The molecule has 0 radical (unpaired) electrons. The van der Waals surface area contributed by atoms with Gasteiger partial charge in [-0.05, 0) is 41.1 Å². The van der Waals surface area contributed by atoms with E-state index < -0.39 is 0 Å². The van der Waals surface area contributed by atoms with E-state index in [1.165, 1.54) is 25.1 Å². The van der Waals surface area contributed by atoms with Gasteiger partial charge in [0.05, 0.1) is 10.6 Å². The van der Waals surface area contributed by atoms with Crippen LogP contribution in [0.3, 0.4) is 0 Å². The summed E-state index contributed by atoms with van der Waals surface area (Å²) in [4.78, 5) is 9.78. The summed E-state index contributed by atoms with van der Waals surface area (Å²) in [6.07, 6.45) is 1.86. The maximum Gasteiger partial charge on any atom is 0.0717 e. The number of hydrogen-bond acceptors (Lipinski definition) is 4. The predicted octanol–water partition coefficient (Wildman–Crippen LogP) is 6.27. The molecule has 0 N–H and O–H groups in total. The fourth-order valence-corrected chi connectivity index (χ4v) is 5.09. The van der Waals surface area contributed by atoms with Crippen LogP contribution in [0, 0.1) is 0 Å². The minimum absolute atomic E-state index is 1.04. The molecular weight excluding hydrogens is 314 g/mol. The number of rotatable bonds is 3. The molecule has 21 heavy (non-hydrogen) atoms. The largest absolute Gasteiger partial charge is 0.256 e. The molecule has 0 atom stereocenters. The summed E-state index contributed by atoms with van der Waals surface area (Å²) in [6, 6.07) is 16.9. The average Bonchev–Trinajstić information content (AvgIpc) is 3.27. The van der Waals surface area contributed by atoms with Crippen LogP contribution < -0.4 is 0 Å². The molecule has 0 aliphatic rings. The van der Waals surface area contributed by atoms with E-state index in [1.54, 1.807) is 22.7 Å². The summed E-state index contributed by atoms with van der Waals surface area (Å²) >= 11 is 5.42. The van der Waals surface area contributed by atoms with Crippen LogP contribution >= 0.6 is 34.0 Å². The third-order valence-corrected chi connectivity index (χ3v) is 6.43. The summed E-state index contributed by atoms with van der Waals surface area (Å²) in [6.45, 7) is 0. The van der Waals surface area contributed by atoms with Crippen molar-refractivity contribution in [1.29, 1.82) is 0 Å². The van der Waals surface area contributed by atoms with Gasteiger partial charge in [-0.15, -0.1) is 34.0 Å². The lowest BCUT2D eigenvalue weighted by atomic mass is 10.1. The van der Waals surface area contributed by atoms with Gasteiger partial charge in [0.25, 0.3) is 0 Å². The first-order valence-corrected chi connectivity index (χ1v) is 9.12. The third-order valence-electron chi connectivity index (χ3n) is 3.18. The van der Waals surface area contributed by atoms with Crippen molar-refractivity contribution in [3.8, 4) is 30.8 Å². The molecule has 1 nitrogen and oxygen atoms in total. The minimum Gasteiger partial charge on any atom is -0.256 e. The van der Waals surface area contributed by atoms with Crippen molar-refractivity contribution in [1.82, 2.24) is 4.98 Å². The Morgan fingerprint density at radius 3 is 2.24 bits per heavy atom. The summed E-state index contributed by atoms with van der Waals surface area (Å²) in [5.74, 6) is 0. The van der Waals surface area contributed by atoms with Gasteiger partial charge in [-0.3, -0.25) is 4.98 Å². The number of hydrogen-bond donors (Lipinski definition) is 0. The van der Waals surface area contributed by atoms with Crippen molar-refractivity contribution in [2.75, 3.05) is 0 Å². The zero-order chi connectivity index (χ0) is 14.1. The second-order valence-corrected chi connectivity index (χ2v) is 7.47. The van der Waals surface area contributed by atoms with Crippen LogP contribution in [-0.4, -0.2) is 4.98 Å². The first-order chi connectivity index (χ1) is 10.4. The Bertz CT molecular complexity index is 828. The van der Waals surface area contributed by atoms with Crippen molar-refractivity contribution in [2.24, 2.45) is 0 Å². The third kappa shape index (κ3) is 2.46. The second kappa shape index (κ2) is 5.56. The quantitative estimate of drug-likeness (QED) is 0.433. The van der Waals surface area contributed by atoms with E-state index in [-0.39, 0.29) is 0 Å². The number of pyridine rings is 1. The lowest BCUT2D eigenvalue weighted by Gasteiger charge is -2.00. The number of nitrogens with zero attached hydrogens (tertiary/aromatic N) is 1. The van der Waals surface area contributed by atoms with Crippen LogP contribution in [0.5, 0.6) is 0 Å². The van der Waals surface area contributed by atoms with E-state index in [1.807, 2.05) is 29.7 Å². The molecule has 0 aliphatic heterocycles. The highest BCUT2D eigenvalue weighted by Gasteiger charge is 2.15. The lowest BCUT2D eigenvalue weighted by molar-refractivity contribution is 1.33. The lowest BCUT2D eigenvalue weighted by Crippen LogP contribution is -1.80. The van der Waals surface area contributed by atoms with E-state index >= 15 is 0 Å². The zero-order valence-corrected chi connectivity index (χ0v) is 13.5. The maximum absolute atomic E-state index is 4.53. The monoisotopic (exact) mass is 325 g/mol. The van der Waals surface area contributed by atoms with Gasteiger partial charge in [-0.2, -0.15) is 0 Å². The summed E-state index contributed by atoms with van der Waals surface area (Å²) in [5.41, 5.74) is 2.27. The predicted molar refractivity (Wildman–Crippen MR) is 94.2 cm³/mol. The van der Waals surface area contributed by atoms with Crippen LogP contribution in [0.1, 0.15) is 0 Å². The second-order valence-electron chi connectivity index (χ2n) is 4.52. The molecule has 4 heteroatoms. The molecule has 0 saturated carbocycles. The van der Waals surface area contributed by atoms with Crippen LogP contribution in [-0.2, 0) is 0 Å². The van der Waals surface area contributed by atoms with Gasteiger partial charge in [0.15, 0.2) is 0 Å². The van der Waals surface area contributed by atoms with E-state index in [9.17, 15) is 0 Å². The van der Waals surface area contributed by atoms with E-state index in [4.69, 9.17) is 0 Å². The van der Waals surface area contributed by atoms with Gasteiger partial charge in [0, 0.05) is 26.4 Å². The molecule has 4 heterocycles. The van der Waals surface area contributed by atoms with Crippen molar-refractivity contribution in [2.45, 2.75) is 0 Å². The zero-order valence-electron chi connectivity index (χ0n) is 11.0. The van der Waals surface area contributed by atoms with E-state index in [0.29, 0.717) is 0 Å². The smallest absolute Gasteiger partial charge is 0.0717 e. The van der Waals surface area contributed by atoms with E-state index in [2.05, 4.69) is 52.1 Å². The highest BCUT2D eigenvalue weighted by molar-refractivity contribution is 7.26. The van der Waals surface area contributed by atoms with Gasteiger partial charge in [-0.1, -0.05) is 18.2 Å². The number of thiophene rings is 3. The Kier molecular flexibility index (Phi) is 3.43. The Hall–Kier alpha value is -1.75. The molecule has 0 saturated heterocycles. The molecule has 0 unspecified atom stereocenters. The summed E-state index contributed by atoms with van der Waals surface area (Å²) in [5, 5.41) is 4.25. The Morgan fingerprint density at radius 2 is 1.57 bits per heavy atom.